The second-order valence-electron chi connectivity index (χ2n) is 10.2. The molecule has 1 aromatic heterocycles. The van der Waals surface area contributed by atoms with Gasteiger partial charge in [-0.05, 0) is 55.7 Å². The van der Waals surface area contributed by atoms with Crippen molar-refractivity contribution in [3.05, 3.63) is 29.5 Å². The molecule has 36 heavy (non-hydrogen) atoms. The van der Waals surface area contributed by atoms with E-state index < -0.39 is 24.1 Å². The lowest BCUT2D eigenvalue weighted by Gasteiger charge is -2.52. The average molecular weight is 499 g/mol. The van der Waals surface area contributed by atoms with E-state index in [0.717, 1.165) is 37.2 Å². The number of piperidine rings is 1. The van der Waals surface area contributed by atoms with E-state index in [9.17, 15) is 14.4 Å². The highest BCUT2D eigenvalue weighted by molar-refractivity contribution is 5.94. The number of carbonyl (C=O) groups is 3. The molecule has 1 N–H and O–H groups in total. The van der Waals surface area contributed by atoms with Gasteiger partial charge in [-0.15, -0.1) is 0 Å². The van der Waals surface area contributed by atoms with Gasteiger partial charge in [-0.3, -0.25) is 19.3 Å². The number of hydrogen-bond acceptors (Lipinski definition) is 8. The van der Waals surface area contributed by atoms with Crippen LogP contribution in [-0.2, 0) is 35.0 Å². The minimum atomic E-state index is -0.629. The van der Waals surface area contributed by atoms with Crippen molar-refractivity contribution in [3.63, 3.8) is 0 Å². The number of ether oxygens (including phenoxy) is 4. The summed E-state index contributed by atoms with van der Waals surface area (Å²) in [5, 5.41) is 1.22. The van der Waals surface area contributed by atoms with E-state index in [-0.39, 0.29) is 36.1 Å². The van der Waals surface area contributed by atoms with Crippen molar-refractivity contribution in [1.82, 2.24) is 9.88 Å². The molecule has 1 saturated carbocycles. The van der Waals surface area contributed by atoms with E-state index in [1.807, 2.05) is 12.1 Å². The number of hydrogen-bond donors (Lipinski definition) is 1. The molecule has 0 radical (unpaired) electrons. The van der Waals surface area contributed by atoms with Gasteiger partial charge in [-0.25, -0.2) is 0 Å². The molecule has 0 amide bonds. The monoisotopic (exact) mass is 498 g/mol. The molecular weight excluding hydrogens is 464 g/mol. The van der Waals surface area contributed by atoms with Crippen LogP contribution >= 0.6 is 0 Å². The Labute approximate surface area is 210 Å². The fourth-order valence-corrected chi connectivity index (χ4v) is 6.77. The summed E-state index contributed by atoms with van der Waals surface area (Å²) in [6.45, 7) is 3.07. The highest BCUT2D eigenvalue weighted by atomic mass is 16.6. The molecule has 194 valence electrons. The highest BCUT2D eigenvalue weighted by Gasteiger charge is 2.54. The zero-order valence-electron chi connectivity index (χ0n) is 21.2. The van der Waals surface area contributed by atoms with Crippen LogP contribution in [0.25, 0.3) is 10.9 Å². The van der Waals surface area contributed by atoms with Crippen molar-refractivity contribution in [1.29, 1.82) is 0 Å². The molecule has 5 rings (SSSR count). The largest absolute Gasteiger partial charge is 0.497 e. The number of nitrogens with one attached hydrogen (secondary N) is 1. The molecule has 2 aromatic rings. The Kier molecular flexibility index (Phi) is 6.78. The van der Waals surface area contributed by atoms with Crippen LogP contribution in [0.1, 0.15) is 43.5 Å². The van der Waals surface area contributed by atoms with Gasteiger partial charge in [-0.1, -0.05) is 0 Å². The quantitative estimate of drug-likeness (QED) is 0.479. The maximum atomic E-state index is 13.1. The molecule has 9 heteroatoms. The Bertz CT molecular complexity index is 1170. The van der Waals surface area contributed by atoms with Gasteiger partial charge >= 0.3 is 11.9 Å². The molecule has 1 aliphatic carbocycles. The van der Waals surface area contributed by atoms with E-state index in [4.69, 9.17) is 18.9 Å². The van der Waals surface area contributed by atoms with Crippen LogP contribution in [0, 0.1) is 17.8 Å². The van der Waals surface area contributed by atoms with Gasteiger partial charge in [0.25, 0.3) is 0 Å². The Balaban J connectivity index is 1.46. The summed E-state index contributed by atoms with van der Waals surface area (Å²) in [6.07, 6.45) is 0.774. The second kappa shape index (κ2) is 9.86. The van der Waals surface area contributed by atoms with E-state index >= 15 is 0 Å². The number of fused-ring (bicyclic) bond motifs is 6. The van der Waals surface area contributed by atoms with Crippen molar-refractivity contribution in [3.8, 4) is 5.75 Å². The Morgan fingerprint density at radius 3 is 2.64 bits per heavy atom. The minimum Gasteiger partial charge on any atom is -0.497 e. The number of methoxy groups -OCH3 is 3. The lowest BCUT2D eigenvalue weighted by atomic mass is 9.63. The first-order valence-electron chi connectivity index (χ1n) is 12.6. The van der Waals surface area contributed by atoms with Gasteiger partial charge in [0.05, 0.1) is 26.2 Å². The van der Waals surface area contributed by atoms with Gasteiger partial charge in [0.2, 0.25) is 0 Å². The summed E-state index contributed by atoms with van der Waals surface area (Å²) in [4.78, 5) is 43.0. The van der Waals surface area contributed by atoms with Crippen LogP contribution in [0.3, 0.4) is 0 Å². The van der Waals surface area contributed by atoms with Crippen LogP contribution in [0.2, 0.25) is 0 Å². The van der Waals surface area contributed by atoms with Crippen LogP contribution < -0.4 is 4.74 Å². The van der Waals surface area contributed by atoms with Crippen molar-refractivity contribution in [2.75, 3.05) is 34.4 Å². The zero-order chi connectivity index (χ0) is 25.6. The second-order valence-corrected chi connectivity index (χ2v) is 10.2. The first-order chi connectivity index (χ1) is 17.3. The highest BCUT2D eigenvalue weighted by Crippen LogP contribution is 2.50. The van der Waals surface area contributed by atoms with Crippen LogP contribution in [-0.4, -0.2) is 74.2 Å². The normalized spacial score (nSPS) is 29.6. The summed E-state index contributed by atoms with van der Waals surface area (Å²) in [7, 11) is 4.58. The molecule has 6 atom stereocenters. The van der Waals surface area contributed by atoms with Gasteiger partial charge in [-0.2, -0.15) is 0 Å². The number of H-pyrrole nitrogens is 1. The van der Waals surface area contributed by atoms with Crippen LogP contribution in [0.5, 0.6) is 5.75 Å². The third-order valence-electron chi connectivity index (χ3n) is 8.28. The Morgan fingerprint density at radius 2 is 1.94 bits per heavy atom. The molecule has 3 aliphatic rings. The van der Waals surface area contributed by atoms with Crippen molar-refractivity contribution in [2.24, 2.45) is 17.8 Å². The first-order valence-corrected chi connectivity index (χ1v) is 12.6. The van der Waals surface area contributed by atoms with E-state index in [2.05, 4.69) is 16.0 Å². The fraction of sp³-hybridized carbons (Fsp3) is 0.593. The Morgan fingerprint density at radius 1 is 1.14 bits per heavy atom. The predicted octanol–water partition coefficient (Wildman–Crippen LogP) is 2.81. The molecule has 1 saturated heterocycles. The van der Waals surface area contributed by atoms with E-state index in [0.29, 0.717) is 6.42 Å². The minimum absolute atomic E-state index is 0.0123. The molecular formula is C27H34N2O7. The number of Topliss-reactive ketones (excluding diaryl/α,β-unsaturated/α-hetero) is 1. The van der Waals surface area contributed by atoms with E-state index in [1.165, 1.54) is 37.8 Å². The van der Waals surface area contributed by atoms with Crippen molar-refractivity contribution in [2.45, 2.75) is 50.9 Å². The zero-order valence-corrected chi connectivity index (χ0v) is 21.2. The van der Waals surface area contributed by atoms with Crippen LogP contribution in [0.15, 0.2) is 18.2 Å². The summed E-state index contributed by atoms with van der Waals surface area (Å²) >= 11 is 0. The number of carbonyl (C=O) groups excluding carboxylic acids is 3. The molecule has 2 fully saturated rings. The number of rotatable bonds is 6. The standard InChI is InChI=1S/C27H34N2O7/c1-14(30)9-23(31)36-22-10-15-13-29-8-7-18-17-6-5-16(33-2)11-20(17)28-25(18)21(29)12-19(15)24(26(22)34-3)27(32)35-4/h5-6,11,15,19,21-22,24,26,28H,7-10,12-13H2,1-4H3/t15-,19-,21-,22+,24-,26+/m0/s1. The summed E-state index contributed by atoms with van der Waals surface area (Å²) < 4.78 is 22.1. The average Bonchev–Trinajstić information content (AvgIpc) is 3.24. The number of esters is 2. The molecule has 1 aromatic carbocycles. The number of benzene rings is 1. The van der Waals surface area contributed by atoms with Gasteiger partial charge in [0.15, 0.2) is 0 Å². The molecule has 0 bridgehead atoms. The third-order valence-corrected chi connectivity index (χ3v) is 8.28. The molecule has 3 heterocycles. The fourth-order valence-electron chi connectivity index (χ4n) is 6.77. The Hall–Kier alpha value is -2.91. The lowest BCUT2D eigenvalue weighted by molar-refractivity contribution is -0.189. The maximum absolute atomic E-state index is 13.1. The topological polar surface area (TPSA) is 107 Å². The lowest BCUT2D eigenvalue weighted by Crippen LogP contribution is -2.58. The van der Waals surface area contributed by atoms with Crippen molar-refractivity contribution < 1.29 is 33.3 Å². The molecule has 0 spiro atoms. The first kappa shape index (κ1) is 24.8. The van der Waals surface area contributed by atoms with Gasteiger partial charge in [0.1, 0.15) is 30.2 Å². The molecule has 0 unspecified atom stereocenters. The molecule has 2 aliphatic heterocycles. The molecule has 9 nitrogen and oxygen atoms in total. The smallest absolute Gasteiger partial charge is 0.313 e. The maximum Gasteiger partial charge on any atom is 0.313 e. The summed E-state index contributed by atoms with van der Waals surface area (Å²) in [6, 6.07) is 6.28. The third kappa shape index (κ3) is 4.28. The van der Waals surface area contributed by atoms with Gasteiger partial charge in [0, 0.05) is 42.9 Å². The van der Waals surface area contributed by atoms with Crippen LogP contribution in [0.4, 0.5) is 0 Å². The number of nitrogens with zero attached hydrogens (tertiary/aromatic N) is 1. The number of aromatic amines is 1. The SMILES string of the molecule is COC(=O)[C@H]1[C@H]2C[C@H]3c4[nH]c5cc(OC)ccc5c4CCN3C[C@@H]2C[C@@H](OC(=O)CC(C)=O)[C@H]1OC. The summed E-state index contributed by atoms with van der Waals surface area (Å²) in [5.41, 5.74) is 3.59. The summed E-state index contributed by atoms with van der Waals surface area (Å²) in [5.74, 6) is -0.792. The predicted molar refractivity (Wildman–Crippen MR) is 131 cm³/mol. The van der Waals surface area contributed by atoms with Gasteiger partial charge < -0.3 is 23.9 Å². The van der Waals surface area contributed by atoms with Crippen molar-refractivity contribution >= 4 is 28.6 Å². The number of ketones is 1. The van der Waals surface area contributed by atoms with E-state index in [1.54, 1.807) is 7.11 Å². The number of aromatic nitrogens is 1.